The Labute approximate surface area is 111 Å². The molecule has 3 heteroatoms. The molecule has 0 radical (unpaired) electrons. The maximum Gasteiger partial charge on any atom is 0.0624 e. The summed E-state index contributed by atoms with van der Waals surface area (Å²) in [6.07, 6.45) is 3.53. The van der Waals surface area contributed by atoms with Gasteiger partial charge in [-0.1, -0.05) is 20.8 Å². The molecule has 2 heterocycles. The molecule has 0 saturated carbocycles. The van der Waals surface area contributed by atoms with E-state index in [1.807, 2.05) is 0 Å². The summed E-state index contributed by atoms with van der Waals surface area (Å²) in [6.45, 7) is 12.3. The van der Waals surface area contributed by atoms with Gasteiger partial charge < -0.3 is 5.32 Å². The molecule has 18 heavy (non-hydrogen) atoms. The second-order valence-electron chi connectivity index (χ2n) is 6.17. The van der Waals surface area contributed by atoms with Crippen LogP contribution in [0.1, 0.15) is 45.5 Å². The van der Waals surface area contributed by atoms with Gasteiger partial charge in [0.25, 0.3) is 0 Å². The summed E-state index contributed by atoms with van der Waals surface area (Å²) < 4.78 is 2.19. The third kappa shape index (κ3) is 2.77. The number of hydrogen-bond acceptors (Lipinski definition) is 2. The van der Waals surface area contributed by atoms with Gasteiger partial charge in [-0.05, 0) is 38.2 Å². The highest BCUT2D eigenvalue weighted by Crippen LogP contribution is 2.34. The van der Waals surface area contributed by atoms with E-state index in [1.165, 1.54) is 37.3 Å². The van der Waals surface area contributed by atoms with E-state index in [0.717, 1.165) is 18.9 Å². The lowest BCUT2D eigenvalue weighted by Crippen LogP contribution is -2.55. The maximum atomic E-state index is 4.67. The highest BCUT2D eigenvalue weighted by molar-refractivity contribution is 5.14. The third-order valence-corrected chi connectivity index (χ3v) is 3.97. The zero-order chi connectivity index (χ0) is 13.2. The van der Waals surface area contributed by atoms with Crippen LogP contribution in [0.15, 0.2) is 6.07 Å². The minimum Gasteiger partial charge on any atom is -0.316 e. The van der Waals surface area contributed by atoms with Gasteiger partial charge in [-0.15, -0.1) is 0 Å². The summed E-state index contributed by atoms with van der Waals surface area (Å²) in [5.41, 5.74) is 3.14. The molecule has 0 aliphatic carbocycles. The van der Waals surface area contributed by atoms with Gasteiger partial charge in [0.2, 0.25) is 0 Å². The van der Waals surface area contributed by atoms with E-state index in [0.29, 0.717) is 5.41 Å². The number of nitrogens with zero attached hydrogens (tertiary/aromatic N) is 2. The van der Waals surface area contributed by atoms with Gasteiger partial charge in [-0.2, -0.15) is 5.10 Å². The molecule has 0 aromatic carbocycles. The summed E-state index contributed by atoms with van der Waals surface area (Å²) in [7, 11) is 0. The second kappa shape index (κ2) is 5.43. The van der Waals surface area contributed by atoms with Gasteiger partial charge in [0, 0.05) is 30.7 Å². The Hall–Kier alpha value is -0.830. The fourth-order valence-electron chi connectivity index (χ4n) is 3.17. The smallest absolute Gasteiger partial charge is 0.0624 e. The summed E-state index contributed by atoms with van der Waals surface area (Å²) in [5, 5.41) is 8.12. The number of nitrogens with one attached hydrogen (secondary N) is 1. The highest BCUT2D eigenvalue weighted by atomic mass is 15.3. The van der Waals surface area contributed by atoms with Crippen LogP contribution in [0, 0.1) is 11.3 Å². The molecule has 1 aromatic rings. The Bertz CT molecular complexity index is 388. The molecule has 0 atom stereocenters. The summed E-state index contributed by atoms with van der Waals surface area (Å²) >= 11 is 0. The summed E-state index contributed by atoms with van der Waals surface area (Å²) in [4.78, 5) is 0. The zero-order valence-corrected chi connectivity index (χ0v) is 12.3. The van der Waals surface area contributed by atoms with Gasteiger partial charge in [-0.25, -0.2) is 0 Å². The predicted octanol–water partition coefficient (Wildman–Crippen LogP) is 2.64. The van der Waals surface area contributed by atoms with E-state index in [9.17, 15) is 0 Å². The van der Waals surface area contributed by atoms with Gasteiger partial charge in [0.05, 0.1) is 5.69 Å². The first-order chi connectivity index (χ1) is 8.58. The highest BCUT2D eigenvalue weighted by Gasteiger charge is 2.38. The van der Waals surface area contributed by atoms with Crippen LogP contribution in [-0.2, 0) is 19.4 Å². The minimum atomic E-state index is 0.478. The molecule has 0 unspecified atom stereocenters. The quantitative estimate of drug-likeness (QED) is 0.840. The fraction of sp³-hybridized carbons (Fsp3) is 0.800. The predicted molar refractivity (Wildman–Crippen MR) is 75.7 cm³/mol. The van der Waals surface area contributed by atoms with E-state index in [4.69, 9.17) is 0 Å². The Balaban J connectivity index is 2.13. The summed E-state index contributed by atoms with van der Waals surface area (Å²) in [5.74, 6) is 0.774. The molecule has 1 aliphatic rings. The van der Waals surface area contributed by atoms with E-state index in [-0.39, 0.29) is 0 Å². The molecular formula is C15H27N3. The lowest BCUT2D eigenvalue weighted by atomic mass is 9.72. The summed E-state index contributed by atoms with van der Waals surface area (Å²) in [6, 6.07) is 2.31. The molecule has 0 amide bonds. The van der Waals surface area contributed by atoms with Crippen LogP contribution in [0.3, 0.4) is 0 Å². The molecule has 0 bridgehead atoms. The zero-order valence-electron chi connectivity index (χ0n) is 12.3. The third-order valence-electron chi connectivity index (χ3n) is 3.97. The average molecular weight is 249 g/mol. The Morgan fingerprint density at radius 3 is 2.56 bits per heavy atom. The van der Waals surface area contributed by atoms with E-state index in [1.54, 1.807) is 0 Å². The Kier molecular flexibility index (Phi) is 4.10. The number of aromatic nitrogens is 2. The molecule has 1 fully saturated rings. The molecule has 3 nitrogen and oxygen atoms in total. The Morgan fingerprint density at radius 1 is 1.39 bits per heavy atom. The van der Waals surface area contributed by atoms with Crippen molar-refractivity contribution in [3.05, 3.63) is 17.5 Å². The van der Waals surface area contributed by atoms with E-state index in [2.05, 4.69) is 48.9 Å². The normalized spacial score (nSPS) is 18.1. The van der Waals surface area contributed by atoms with Crippen LogP contribution in [0.25, 0.3) is 0 Å². The van der Waals surface area contributed by atoms with E-state index >= 15 is 0 Å². The number of rotatable bonds is 6. The molecule has 1 saturated heterocycles. The van der Waals surface area contributed by atoms with Gasteiger partial charge in [0.15, 0.2) is 0 Å². The number of hydrogen-bond donors (Lipinski definition) is 1. The molecule has 102 valence electrons. The molecule has 0 spiro atoms. The van der Waals surface area contributed by atoms with Crippen LogP contribution < -0.4 is 5.32 Å². The van der Waals surface area contributed by atoms with Crippen molar-refractivity contribution < 1.29 is 0 Å². The van der Waals surface area contributed by atoms with Crippen LogP contribution >= 0.6 is 0 Å². The molecular weight excluding hydrogens is 222 g/mol. The van der Waals surface area contributed by atoms with Crippen molar-refractivity contribution in [2.24, 2.45) is 11.3 Å². The van der Waals surface area contributed by atoms with Crippen LogP contribution in [0.4, 0.5) is 0 Å². The van der Waals surface area contributed by atoms with Crippen molar-refractivity contribution in [3.8, 4) is 0 Å². The second-order valence-corrected chi connectivity index (χ2v) is 6.17. The average Bonchev–Trinajstić information content (AvgIpc) is 2.67. The van der Waals surface area contributed by atoms with Crippen molar-refractivity contribution in [2.45, 2.75) is 53.5 Å². The van der Waals surface area contributed by atoms with E-state index < -0.39 is 0 Å². The first kappa shape index (κ1) is 13.6. The monoisotopic (exact) mass is 249 g/mol. The lowest BCUT2D eigenvalue weighted by molar-refractivity contribution is 0.128. The van der Waals surface area contributed by atoms with Crippen molar-refractivity contribution >= 4 is 0 Å². The first-order valence-electron chi connectivity index (χ1n) is 7.35. The standard InChI is InChI=1S/C15H27N3/c1-5-13-7-14(18(6-2)17-13)9-15(8-12(3)4)10-16-11-15/h7,12,16H,5-6,8-11H2,1-4H3. The van der Waals surface area contributed by atoms with Gasteiger partial charge in [0.1, 0.15) is 0 Å². The van der Waals surface area contributed by atoms with Gasteiger partial charge >= 0.3 is 0 Å². The van der Waals surface area contributed by atoms with Crippen molar-refractivity contribution in [1.29, 1.82) is 0 Å². The largest absolute Gasteiger partial charge is 0.316 e. The van der Waals surface area contributed by atoms with Crippen LogP contribution in [0.2, 0.25) is 0 Å². The first-order valence-corrected chi connectivity index (χ1v) is 7.35. The number of aryl methyl sites for hydroxylation is 2. The maximum absolute atomic E-state index is 4.67. The van der Waals surface area contributed by atoms with Gasteiger partial charge in [-0.3, -0.25) is 4.68 Å². The molecule has 1 aromatic heterocycles. The Morgan fingerprint density at radius 2 is 2.11 bits per heavy atom. The fourth-order valence-corrected chi connectivity index (χ4v) is 3.17. The van der Waals surface area contributed by atoms with Crippen LogP contribution in [-0.4, -0.2) is 22.9 Å². The van der Waals surface area contributed by atoms with Crippen molar-refractivity contribution in [1.82, 2.24) is 15.1 Å². The minimum absolute atomic E-state index is 0.478. The molecule has 2 rings (SSSR count). The SMILES string of the molecule is CCc1cc(CC2(CC(C)C)CNC2)n(CC)n1. The van der Waals surface area contributed by atoms with Crippen molar-refractivity contribution in [3.63, 3.8) is 0 Å². The molecule has 1 aliphatic heterocycles. The van der Waals surface area contributed by atoms with Crippen LogP contribution in [0.5, 0.6) is 0 Å². The van der Waals surface area contributed by atoms with Crippen molar-refractivity contribution in [2.75, 3.05) is 13.1 Å². The topological polar surface area (TPSA) is 29.9 Å². The lowest BCUT2D eigenvalue weighted by Gasteiger charge is -2.44. The molecule has 1 N–H and O–H groups in total.